The van der Waals surface area contributed by atoms with Gasteiger partial charge in [-0.05, 0) is 80.8 Å². The van der Waals surface area contributed by atoms with E-state index >= 15 is 0 Å². The molecule has 0 aliphatic heterocycles. The summed E-state index contributed by atoms with van der Waals surface area (Å²) in [4.78, 5) is 36.8. The van der Waals surface area contributed by atoms with Crippen molar-refractivity contribution < 1.29 is 24.3 Å². The van der Waals surface area contributed by atoms with Crippen LogP contribution < -0.4 is 5.32 Å². The zero-order chi connectivity index (χ0) is 27.1. The minimum atomic E-state index is -0.849. The van der Waals surface area contributed by atoms with E-state index in [4.69, 9.17) is 9.57 Å². The van der Waals surface area contributed by atoms with E-state index in [9.17, 15) is 14.7 Å². The summed E-state index contributed by atoms with van der Waals surface area (Å²) in [7, 11) is 1.28. The number of aromatic amines is 1. The number of aromatic nitrogens is 2. The van der Waals surface area contributed by atoms with E-state index in [-0.39, 0.29) is 23.9 Å². The number of hydrogen-bond donors (Lipinski definition) is 3. The summed E-state index contributed by atoms with van der Waals surface area (Å²) in [5, 5.41) is 18.0. The molecule has 0 saturated heterocycles. The summed E-state index contributed by atoms with van der Waals surface area (Å²) < 4.78 is 4.81. The number of rotatable bonds is 7. The number of carbonyl (C=O) groups is 2. The lowest BCUT2D eigenvalue weighted by Gasteiger charge is -2.58. The van der Waals surface area contributed by atoms with Crippen molar-refractivity contribution in [1.29, 1.82) is 0 Å². The number of carbonyl (C=O) groups excluding carboxylic acids is 2. The van der Waals surface area contributed by atoms with Gasteiger partial charge in [0.15, 0.2) is 6.61 Å². The SMILES string of the molecule is COC(=O)C(Cc1cnc[nH]1)NC(=O)CO/N=C1/C=C[C@@]2(C)C(=C1)CCC1C2CC[C@@]2(C)C1CC[C@]2(C)O. The zero-order valence-corrected chi connectivity index (χ0v) is 22.8. The summed E-state index contributed by atoms with van der Waals surface area (Å²) in [5.74, 6) is 0.752. The third kappa shape index (κ3) is 4.59. The molecule has 3 N–H and O–H groups in total. The highest BCUT2D eigenvalue weighted by atomic mass is 16.6. The molecule has 0 spiro atoms. The van der Waals surface area contributed by atoms with Gasteiger partial charge in [-0.1, -0.05) is 30.7 Å². The lowest BCUT2D eigenvalue weighted by atomic mass is 9.47. The first-order valence-electron chi connectivity index (χ1n) is 13.7. The first-order valence-corrected chi connectivity index (χ1v) is 13.7. The van der Waals surface area contributed by atoms with E-state index < -0.39 is 23.5 Å². The quantitative estimate of drug-likeness (QED) is 0.370. The van der Waals surface area contributed by atoms with Crippen LogP contribution in [0.1, 0.15) is 65.0 Å². The van der Waals surface area contributed by atoms with Crippen LogP contribution in [-0.2, 0) is 25.6 Å². The van der Waals surface area contributed by atoms with Crippen LogP contribution in [0, 0.1) is 28.6 Å². The predicted octanol–water partition coefficient (Wildman–Crippen LogP) is 3.47. The molecule has 1 heterocycles. The predicted molar refractivity (Wildman–Crippen MR) is 142 cm³/mol. The number of esters is 1. The van der Waals surface area contributed by atoms with Crippen LogP contribution in [0.5, 0.6) is 0 Å². The van der Waals surface area contributed by atoms with Crippen LogP contribution in [-0.4, -0.2) is 58.0 Å². The standard InChI is InChI=1S/C29H40N4O5/c1-27-10-7-19(33-38-16-25(34)32-24(26(35)37-4)14-20-15-30-17-31-20)13-18(27)5-6-21-22(27)8-11-28(2)23(21)9-12-29(28,3)36/h7,10,13,15,17,21-24,36H,5-6,8-9,11-12,14,16H2,1-4H3,(H,30,31)(H,32,34)/b33-19-/t21?,22?,23?,24?,27-,28-,29-/m0/s1. The van der Waals surface area contributed by atoms with Gasteiger partial charge in [0.25, 0.3) is 5.91 Å². The number of imidazole rings is 1. The van der Waals surface area contributed by atoms with Gasteiger partial charge in [-0.3, -0.25) is 4.79 Å². The number of ether oxygens (including phenoxy) is 1. The normalized spacial score (nSPS) is 37.4. The molecule has 4 unspecified atom stereocenters. The maximum absolute atomic E-state index is 12.5. The first-order chi connectivity index (χ1) is 18.1. The van der Waals surface area contributed by atoms with Crippen molar-refractivity contribution in [3.05, 3.63) is 42.0 Å². The largest absolute Gasteiger partial charge is 0.467 e. The van der Waals surface area contributed by atoms with Crippen LogP contribution in [0.4, 0.5) is 0 Å². The summed E-state index contributed by atoms with van der Waals surface area (Å²) >= 11 is 0. The number of fused-ring (bicyclic) bond motifs is 5. The van der Waals surface area contributed by atoms with Gasteiger partial charge in [-0.15, -0.1) is 0 Å². The van der Waals surface area contributed by atoms with Crippen molar-refractivity contribution >= 4 is 17.6 Å². The van der Waals surface area contributed by atoms with Crippen LogP contribution >= 0.6 is 0 Å². The molecule has 0 aromatic carbocycles. The molecule has 1 amide bonds. The highest BCUT2D eigenvalue weighted by Gasteiger charge is 2.61. The Morgan fingerprint density at radius 3 is 2.76 bits per heavy atom. The second-order valence-electron chi connectivity index (χ2n) is 12.2. The number of nitrogens with zero attached hydrogens (tertiary/aromatic N) is 2. The van der Waals surface area contributed by atoms with Gasteiger partial charge in [0.05, 0.1) is 19.0 Å². The summed E-state index contributed by atoms with van der Waals surface area (Å²) in [6, 6.07) is -0.849. The maximum atomic E-state index is 12.5. The van der Waals surface area contributed by atoms with Crippen molar-refractivity contribution in [2.24, 2.45) is 33.7 Å². The van der Waals surface area contributed by atoms with Gasteiger partial charge in [0.1, 0.15) is 11.8 Å². The molecule has 4 aliphatic carbocycles. The number of allylic oxidation sites excluding steroid dienone is 4. The smallest absolute Gasteiger partial charge is 0.328 e. The lowest BCUT2D eigenvalue weighted by Crippen LogP contribution is -2.53. The number of oxime groups is 1. The molecule has 0 bridgehead atoms. The van der Waals surface area contributed by atoms with Gasteiger partial charge in [-0.2, -0.15) is 0 Å². The number of H-pyrrole nitrogens is 1. The average Bonchev–Trinajstić information content (AvgIpc) is 3.48. The van der Waals surface area contributed by atoms with Crippen LogP contribution in [0.25, 0.3) is 0 Å². The number of aliphatic hydroxyl groups is 1. The van der Waals surface area contributed by atoms with Crippen LogP contribution in [0.15, 0.2) is 41.5 Å². The van der Waals surface area contributed by atoms with E-state index in [1.54, 1.807) is 6.20 Å². The molecule has 9 heteroatoms. The number of nitrogens with one attached hydrogen (secondary N) is 2. The minimum absolute atomic E-state index is 0.0103. The number of hydrogen-bond acceptors (Lipinski definition) is 7. The van der Waals surface area contributed by atoms with E-state index in [0.29, 0.717) is 29.2 Å². The third-order valence-corrected chi connectivity index (χ3v) is 10.3. The van der Waals surface area contributed by atoms with Crippen LogP contribution in [0.3, 0.4) is 0 Å². The number of methoxy groups -OCH3 is 1. The van der Waals surface area contributed by atoms with Gasteiger partial charge in [-0.25, -0.2) is 9.78 Å². The molecule has 7 atom stereocenters. The highest BCUT2D eigenvalue weighted by molar-refractivity contribution is 6.05. The Kier molecular flexibility index (Phi) is 7.00. The molecule has 9 nitrogen and oxygen atoms in total. The molecule has 1 aromatic rings. The second kappa shape index (κ2) is 9.98. The molecule has 3 fully saturated rings. The van der Waals surface area contributed by atoms with E-state index in [0.717, 1.165) is 38.5 Å². The Hall–Kier alpha value is -2.94. The second-order valence-corrected chi connectivity index (χ2v) is 12.2. The van der Waals surface area contributed by atoms with Crippen LogP contribution in [0.2, 0.25) is 0 Å². The molecular weight excluding hydrogens is 484 g/mol. The van der Waals surface area contributed by atoms with E-state index in [1.807, 2.05) is 13.0 Å². The Morgan fingerprint density at radius 1 is 1.24 bits per heavy atom. The topological polar surface area (TPSA) is 126 Å². The van der Waals surface area contributed by atoms with Gasteiger partial charge in [0, 0.05) is 23.7 Å². The maximum Gasteiger partial charge on any atom is 0.328 e. The summed E-state index contributed by atoms with van der Waals surface area (Å²) in [6.07, 6.45) is 16.1. The molecule has 0 radical (unpaired) electrons. The van der Waals surface area contributed by atoms with Gasteiger partial charge >= 0.3 is 5.97 Å². The van der Waals surface area contributed by atoms with Crippen molar-refractivity contribution in [3.8, 4) is 0 Å². The molecule has 1 aromatic heterocycles. The Bertz CT molecular complexity index is 1160. The molecule has 5 rings (SSSR count). The molecule has 206 valence electrons. The average molecular weight is 525 g/mol. The van der Waals surface area contributed by atoms with E-state index in [1.165, 1.54) is 19.0 Å². The first kappa shape index (κ1) is 26.7. The minimum Gasteiger partial charge on any atom is -0.467 e. The summed E-state index contributed by atoms with van der Waals surface area (Å²) in [5.41, 5.74) is 2.19. The van der Waals surface area contributed by atoms with Gasteiger partial charge in [0.2, 0.25) is 0 Å². The molecule has 3 saturated carbocycles. The van der Waals surface area contributed by atoms with Crippen molar-refractivity contribution in [1.82, 2.24) is 15.3 Å². The lowest BCUT2D eigenvalue weighted by molar-refractivity contribution is -0.145. The molecule has 4 aliphatic rings. The number of amides is 1. The zero-order valence-electron chi connectivity index (χ0n) is 22.8. The highest BCUT2D eigenvalue weighted by Crippen LogP contribution is 2.66. The summed E-state index contributed by atoms with van der Waals surface area (Å²) in [6.45, 7) is 6.40. The molecule has 38 heavy (non-hydrogen) atoms. The Labute approximate surface area is 224 Å². The van der Waals surface area contributed by atoms with Crippen molar-refractivity contribution in [2.75, 3.05) is 13.7 Å². The Morgan fingerprint density at radius 2 is 2.03 bits per heavy atom. The fraction of sp³-hybridized carbons (Fsp3) is 0.655. The Balaban J connectivity index is 1.20. The van der Waals surface area contributed by atoms with Crippen molar-refractivity contribution in [3.63, 3.8) is 0 Å². The van der Waals surface area contributed by atoms with Crippen molar-refractivity contribution in [2.45, 2.75) is 77.4 Å². The molecular formula is C29H40N4O5. The fourth-order valence-corrected chi connectivity index (χ4v) is 7.86. The van der Waals surface area contributed by atoms with E-state index in [2.05, 4.69) is 46.4 Å². The fourth-order valence-electron chi connectivity index (χ4n) is 7.86. The monoisotopic (exact) mass is 524 g/mol. The third-order valence-electron chi connectivity index (χ3n) is 10.3. The van der Waals surface area contributed by atoms with Gasteiger partial charge < -0.3 is 25.0 Å².